The first-order valence-electron chi connectivity index (χ1n) is 5.25. The van der Waals surface area contributed by atoms with Crippen molar-refractivity contribution in [3.63, 3.8) is 0 Å². The topological polar surface area (TPSA) is 28.2 Å². The SMILES string of the molecule is CCc1csc(CN2CCNCC2)n1. The molecule has 0 aliphatic carbocycles. The number of rotatable bonds is 3. The first kappa shape index (κ1) is 10.1. The zero-order valence-electron chi connectivity index (χ0n) is 8.62. The molecule has 3 nitrogen and oxygen atoms in total. The Kier molecular flexibility index (Phi) is 3.50. The Morgan fingerprint density at radius 1 is 1.50 bits per heavy atom. The largest absolute Gasteiger partial charge is 0.314 e. The highest BCUT2D eigenvalue weighted by molar-refractivity contribution is 7.09. The average Bonchev–Trinajstić information content (AvgIpc) is 2.67. The van der Waals surface area contributed by atoms with Crippen LogP contribution in [0.25, 0.3) is 0 Å². The molecule has 1 aliphatic rings. The third-order valence-electron chi connectivity index (χ3n) is 2.53. The zero-order valence-corrected chi connectivity index (χ0v) is 9.44. The highest BCUT2D eigenvalue weighted by Crippen LogP contribution is 2.12. The third kappa shape index (κ3) is 2.53. The molecule has 1 saturated heterocycles. The van der Waals surface area contributed by atoms with Crippen molar-refractivity contribution in [2.45, 2.75) is 19.9 Å². The van der Waals surface area contributed by atoms with Crippen LogP contribution in [0.5, 0.6) is 0 Å². The van der Waals surface area contributed by atoms with E-state index in [1.165, 1.54) is 10.7 Å². The van der Waals surface area contributed by atoms with Crippen LogP contribution in [-0.4, -0.2) is 36.1 Å². The number of hydrogen-bond acceptors (Lipinski definition) is 4. The number of nitrogens with one attached hydrogen (secondary N) is 1. The second kappa shape index (κ2) is 4.87. The van der Waals surface area contributed by atoms with E-state index in [1.807, 2.05) is 0 Å². The van der Waals surface area contributed by atoms with Gasteiger partial charge in [0, 0.05) is 31.6 Å². The van der Waals surface area contributed by atoms with Gasteiger partial charge in [0.15, 0.2) is 0 Å². The van der Waals surface area contributed by atoms with Crippen LogP contribution < -0.4 is 5.32 Å². The second-order valence-corrected chi connectivity index (χ2v) is 4.55. The minimum absolute atomic E-state index is 1.03. The predicted octanol–water partition coefficient (Wildman–Crippen LogP) is 1.11. The number of nitrogens with zero attached hydrogens (tertiary/aromatic N) is 2. The first-order valence-corrected chi connectivity index (χ1v) is 6.13. The van der Waals surface area contributed by atoms with Crippen LogP contribution in [0.2, 0.25) is 0 Å². The van der Waals surface area contributed by atoms with Crippen LogP contribution in [-0.2, 0) is 13.0 Å². The van der Waals surface area contributed by atoms with Crippen molar-refractivity contribution >= 4 is 11.3 Å². The number of piperazine rings is 1. The van der Waals surface area contributed by atoms with E-state index < -0.39 is 0 Å². The fraction of sp³-hybridized carbons (Fsp3) is 0.700. The highest BCUT2D eigenvalue weighted by atomic mass is 32.1. The van der Waals surface area contributed by atoms with Crippen LogP contribution in [0.15, 0.2) is 5.38 Å². The monoisotopic (exact) mass is 211 g/mol. The fourth-order valence-electron chi connectivity index (χ4n) is 1.64. The van der Waals surface area contributed by atoms with E-state index in [4.69, 9.17) is 0 Å². The van der Waals surface area contributed by atoms with Crippen LogP contribution in [0.3, 0.4) is 0 Å². The van der Waals surface area contributed by atoms with Crippen LogP contribution in [0.4, 0.5) is 0 Å². The smallest absolute Gasteiger partial charge is 0.107 e. The molecule has 1 fully saturated rings. The minimum Gasteiger partial charge on any atom is -0.314 e. The fourth-order valence-corrected chi connectivity index (χ4v) is 2.56. The lowest BCUT2D eigenvalue weighted by Gasteiger charge is -2.26. The normalized spacial score (nSPS) is 18.6. The molecule has 1 aliphatic heterocycles. The van der Waals surface area contributed by atoms with Gasteiger partial charge < -0.3 is 5.32 Å². The van der Waals surface area contributed by atoms with Gasteiger partial charge in [0.05, 0.1) is 12.2 Å². The van der Waals surface area contributed by atoms with Crippen molar-refractivity contribution in [2.24, 2.45) is 0 Å². The van der Waals surface area contributed by atoms with Gasteiger partial charge in [-0.05, 0) is 6.42 Å². The summed E-state index contributed by atoms with van der Waals surface area (Å²) in [5, 5.41) is 6.80. The molecule has 0 aromatic carbocycles. The van der Waals surface area contributed by atoms with Gasteiger partial charge in [0.2, 0.25) is 0 Å². The molecule has 14 heavy (non-hydrogen) atoms. The molecule has 4 heteroatoms. The van der Waals surface area contributed by atoms with Gasteiger partial charge >= 0.3 is 0 Å². The number of aryl methyl sites for hydroxylation is 1. The lowest BCUT2D eigenvalue weighted by atomic mass is 10.3. The molecule has 0 atom stereocenters. The summed E-state index contributed by atoms with van der Waals surface area (Å²) >= 11 is 1.79. The number of thiazole rings is 1. The van der Waals surface area contributed by atoms with Gasteiger partial charge in [-0.1, -0.05) is 6.92 Å². The maximum Gasteiger partial charge on any atom is 0.107 e. The van der Waals surface area contributed by atoms with Crippen LogP contribution in [0, 0.1) is 0 Å². The molecule has 0 radical (unpaired) electrons. The van der Waals surface area contributed by atoms with E-state index in [0.717, 1.165) is 39.1 Å². The van der Waals surface area contributed by atoms with Gasteiger partial charge in [-0.2, -0.15) is 0 Å². The standard InChI is InChI=1S/C10H17N3S/c1-2-9-8-14-10(12-9)7-13-5-3-11-4-6-13/h8,11H,2-7H2,1H3. The average molecular weight is 211 g/mol. The minimum atomic E-state index is 1.03. The van der Waals surface area contributed by atoms with Crippen molar-refractivity contribution < 1.29 is 0 Å². The van der Waals surface area contributed by atoms with E-state index in [1.54, 1.807) is 11.3 Å². The van der Waals surface area contributed by atoms with Gasteiger partial charge in [-0.25, -0.2) is 4.98 Å². The van der Waals surface area contributed by atoms with Gasteiger partial charge in [-0.15, -0.1) is 11.3 Å². The third-order valence-corrected chi connectivity index (χ3v) is 3.41. The Balaban J connectivity index is 1.89. The Morgan fingerprint density at radius 2 is 2.29 bits per heavy atom. The zero-order chi connectivity index (χ0) is 9.80. The van der Waals surface area contributed by atoms with Crippen molar-refractivity contribution in [1.82, 2.24) is 15.2 Å². The maximum absolute atomic E-state index is 4.58. The lowest BCUT2D eigenvalue weighted by molar-refractivity contribution is 0.233. The molecule has 0 amide bonds. The molecular formula is C10H17N3S. The summed E-state index contributed by atoms with van der Waals surface area (Å²) < 4.78 is 0. The first-order chi connectivity index (χ1) is 6.88. The molecule has 2 rings (SSSR count). The summed E-state index contributed by atoms with van der Waals surface area (Å²) in [6, 6.07) is 0. The summed E-state index contributed by atoms with van der Waals surface area (Å²) in [4.78, 5) is 7.05. The summed E-state index contributed by atoms with van der Waals surface area (Å²) in [5.41, 5.74) is 1.24. The molecular weight excluding hydrogens is 194 g/mol. The van der Waals surface area contributed by atoms with E-state index in [2.05, 4.69) is 27.5 Å². The highest BCUT2D eigenvalue weighted by Gasteiger charge is 2.11. The Labute approximate surface area is 89.1 Å². The van der Waals surface area contributed by atoms with Gasteiger partial charge in [-0.3, -0.25) is 4.90 Å². The summed E-state index contributed by atoms with van der Waals surface area (Å²) in [6.45, 7) is 7.73. The van der Waals surface area contributed by atoms with E-state index in [-0.39, 0.29) is 0 Å². The van der Waals surface area contributed by atoms with Crippen molar-refractivity contribution in [3.05, 3.63) is 16.1 Å². The molecule has 1 N–H and O–H groups in total. The molecule has 0 saturated carbocycles. The van der Waals surface area contributed by atoms with Crippen LogP contribution in [0.1, 0.15) is 17.6 Å². The molecule has 1 aromatic rings. The van der Waals surface area contributed by atoms with Crippen molar-refractivity contribution in [3.8, 4) is 0 Å². The lowest BCUT2D eigenvalue weighted by Crippen LogP contribution is -2.42. The molecule has 0 spiro atoms. The van der Waals surface area contributed by atoms with Crippen molar-refractivity contribution in [1.29, 1.82) is 0 Å². The molecule has 1 aromatic heterocycles. The quantitative estimate of drug-likeness (QED) is 0.812. The maximum atomic E-state index is 4.58. The van der Waals surface area contributed by atoms with Gasteiger partial charge in [0.25, 0.3) is 0 Å². The van der Waals surface area contributed by atoms with Crippen LogP contribution >= 0.6 is 11.3 Å². The molecule has 0 bridgehead atoms. The molecule has 0 unspecified atom stereocenters. The van der Waals surface area contributed by atoms with Crippen molar-refractivity contribution in [2.75, 3.05) is 26.2 Å². The second-order valence-electron chi connectivity index (χ2n) is 3.61. The Morgan fingerprint density at radius 3 is 2.93 bits per heavy atom. The van der Waals surface area contributed by atoms with Gasteiger partial charge in [0.1, 0.15) is 5.01 Å². The number of hydrogen-bond donors (Lipinski definition) is 1. The number of aromatic nitrogens is 1. The summed E-state index contributed by atoms with van der Waals surface area (Å²) in [5.74, 6) is 0. The van der Waals surface area contributed by atoms with E-state index >= 15 is 0 Å². The molecule has 2 heterocycles. The summed E-state index contributed by atoms with van der Waals surface area (Å²) in [6.07, 6.45) is 1.05. The Hall–Kier alpha value is -0.450. The van der Waals surface area contributed by atoms with E-state index in [0.29, 0.717) is 0 Å². The summed E-state index contributed by atoms with van der Waals surface area (Å²) in [7, 11) is 0. The molecule has 78 valence electrons. The predicted molar refractivity (Wildman–Crippen MR) is 59.6 cm³/mol. The Bertz CT molecular complexity index is 279. The van der Waals surface area contributed by atoms with E-state index in [9.17, 15) is 0 Å².